The molecular weight excluding hydrogens is 437 g/mol. The maximum Gasteiger partial charge on any atom is 0.191 e. The number of aliphatic imine (C=N–C) groups is 1. The standard InChI is InChI=1S/C20H31N5.HI/c1-16(24(3)18-9-10-18)15-23-20(21-2)22-12-6-13-25-14-11-17-7-4-5-8-19(17)25;/h4-5,7-8,11,14,16,18H,6,9-10,12-13,15H2,1-3H3,(H2,21,22,23);1H. The Balaban J connectivity index is 0.00000243. The van der Waals surface area contributed by atoms with Gasteiger partial charge in [-0.25, -0.2) is 0 Å². The molecule has 1 atom stereocenters. The van der Waals surface area contributed by atoms with Crippen LogP contribution in [0.2, 0.25) is 0 Å². The van der Waals surface area contributed by atoms with Crippen LogP contribution in [0.4, 0.5) is 0 Å². The van der Waals surface area contributed by atoms with Crippen LogP contribution in [0.15, 0.2) is 41.5 Å². The molecule has 3 rings (SSSR count). The van der Waals surface area contributed by atoms with Crippen molar-refractivity contribution in [2.24, 2.45) is 4.99 Å². The van der Waals surface area contributed by atoms with Crippen molar-refractivity contribution in [2.45, 2.75) is 44.8 Å². The molecule has 0 saturated heterocycles. The van der Waals surface area contributed by atoms with Gasteiger partial charge in [-0.2, -0.15) is 0 Å². The average molecular weight is 469 g/mol. The largest absolute Gasteiger partial charge is 0.356 e. The van der Waals surface area contributed by atoms with Crippen molar-refractivity contribution in [3.05, 3.63) is 36.5 Å². The van der Waals surface area contributed by atoms with Crippen molar-refractivity contribution in [1.82, 2.24) is 20.1 Å². The molecule has 0 bridgehead atoms. The number of nitrogens with one attached hydrogen (secondary N) is 2. The Labute approximate surface area is 174 Å². The van der Waals surface area contributed by atoms with Crippen LogP contribution in [-0.2, 0) is 6.54 Å². The third-order valence-electron chi connectivity index (χ3n) is 5.16. The second-order valence-corrected chi connectivity index (χ2v) is 7.05. The van der Waals surface area contributed by atoms with Crippen molar-refractivity contribution >= 4 is 40.8 Å². The van der Waals surface area contributed by atoms with Crippen LogP contribution in [-0.4, -0.2) is 54.7 Å². The molecule has 1 fully saturated rings. The molecule has 1 aliphatic rings. The second kappa shape index (κ2) is 10.2. The molecule has 2 N–H and O–H groups in total. The lowest BCUT2D eigenvalue weighted by Crippen LogP contribution is -2.45. The van der Waals surface area contributed by atoms with E-state index < -0.39 is 0 Å². The van der Waals surface area contributed by atoms with Gasteiger partial charge in [-0.3, -0.25) is 9.89 Å². The number of hydrogen-bond acceptors (Lipinski definition) is 2. The molecule has 26 heavy (non-hydrogen) atoms. The van der Waals surface area contributed by atoms with E-state index in [1.807, 2.05) is 7.05 Å². The molecule has 0 radical (unpaired) electrons. The quantitative estimate of drug-likeness (QED) is 0.270. The third kappa shape index (κ3) is 5.61. The SMILES string of the molecule is CN=C(NCCCn1ccc2ccccc21)NCC(C)N(C)C1CC1.I. The van der Waals surface area contributed by atoms with Crippen LogP contribution in [0.3, 0.4) is 0 Å². The predicted octanol–water partition coefficient (Wildman–Crippen LogP) is 3.30. The Hall–Kier alpha value is -1.28. The summed E-state index contributed by atoms with van der Waals surface area (Å²) in [6.07, 6.45) is 5.94. The van der Waals surface area contributed by atoms with Crippen molar-refractivity contribution in [3.63, 3.8) is 0 Å². The summed E-state index contributed by atoms with van der Waals surface area (Å²) in [5.74, 6) is 0.897. The maximum atomic E-state index is 4.33. The fourth-order valence-corrected chi connectivity index (χ4v) is 3.24. The lowest BCUT2D eigenvalue weighted by Gasteiger charge is -2.25. The zero-order valence-corrected chi connectivity index (χ0v) is 18.4. The van der Waals surface area contributed by atoms with Crippen molar-refractivity contribution < 1.29 is 0 Å². The van der Waals surface area contributed by atoms with Crippen LogP contribution in [0.25, 0.3) is 10.9 Å². The molecule has 1 aliphatic carbocycles. The number of aryl methyl sites for hydroxylation is 1. The number of guanidine groups is 1. The molecule has 1 heterocycles. The smallest absolute Gasteiger partial charge is 0.191 e. The van der Waals surface area contributed by atoms with Gasteiger partial charge in [0.25, 0.3) is 0 Å². The van der Waals surface area contributed by atoms with Gasteiger partial charge in [0.05, 0.1) is 0 Å². The minimum Gasteiger partial charge on any atom is -0.356 e. The number of benzene rings is 1. The first-order valence-electron chi connectivity index (χ1n) is 9.39. The van der Waals surface area contributed by atoms with Crippen LogP contribution >= 0.6 is 24.0 Å². The number of hydrogen-bond donors (Lipinski definition) is 2. The van der Waals surface area contributed by atoms with E-state index in [2.05, 4.69) is 75.6 Å². The van der Waals surface area contributed by atoms with Gasteiger partial charge in [0.2, 0.25) is 0 Å². The summed E-state index contributed by atoms with van der Waals surface area (Å²) in [6, 6.07) is 12.0. The van der Waals surface area contributed by atoms with Crippen molar-refractivity contribution in [3.8, 4) is 0 Å². The van der Waals surface area contributed by atoms with E-state index in [0.717, 1.165) is 38.1 Å². The zero-order chi connectivity index (χ0) is 17.6. The fraction of sp³-hybridized carbons (Fsp3) is 0.550. The molecule has 2 aromatic rings. The topological polar surface area (TPSA) is 44.6 Å². The van der Waals surface area contributed by atoms with Gasteiger partial charge in [-0.1, -0.05) is 18.2 Å². The normalized spacial score (nSPS) is 15.8. The first kappa shape index (κ1) is 21.0. The van der Waals surface area contributed by atoms with Crippen LogP contribution in [0.1, 0.15) is 26.2 Å². The molecule has 0 amide bonds. The highest BCUT2D eigenvalue weighted by atomic mass is 127. The van der Waals surface area contributed by atoms with Crippen molar-refractivity contribution in [2.75, 3.05) is 27.2 Å². The number of halogens is 1. The van der Waals surface area contributed by atoms with Crippen LogP contribution in [0, 0.1) is 0 Å². The third-order valence-corrected chi connectivity index (χ3v) is 5.16. The molecule has 1 aromatic carbocycles. The summed E-state index contributed by atoms with van der Waals surface area (Å²) in [4.78, 5) is 6.80. The van der Waals surface area contributed by atoms with E-state index in [4.69, 9.17) is 0 Å². The number of rotatable bonds is 8. The summed E-state index contributed by atoms with van der Waals surface area (Å²) >= 11 is 0. The summed E-state index contributed by atoms with van der Waals surface area (Å²) in [5, 5.41) is 8.18. The van der Waals surface area contributed by atoms with Gasteiger partial charge >= 0.3 is 0 Å². The van der Waals surface area contributed by atoms with E-state index in [0.29, 0.717) is 6.04 Å². The fourth-order valence-electron chi connectivity index (χ4n) is 3.24. The predicted molar refractivity (Wildman–Crippen MR) is 122 cm³/mol. The van der Waals surface area contributed by atoms with Gasteiger partial charge < -0.3 is 15.2 Å². The maximum absolute atomic E-state index is 4.33. The molecule has 1 saturated carbocycles. The van der Waals surface area contributed by atoms with Gasteiger partial charge in [-0.05, 0) is 50.8 Å². The second-order valence-electron chi connectivity index (χ2n) is 7.05. The molecule has 144 valence electrons. The molecule has 0 aliphatic heterocycles. The number of para-hydroxylation sites is 1. The molecule has 1 unspecified atom stereocenters. The molecular formula is C20H32IN5. The summed E-state index contributed by atoms with van der Waals surface area (Å²) in [5.41, 5.74) is 1.31. The minimum absolute atomic E-state index is 0. The highest BCUT2D eigenvalue weighted by Gasteiger charge is 2.28. The Kier molecular flexibility index (Phi) is 8.21. The molecule has 1 aromatic heterocycles. The molecule has 0 spiro atoms. The molecule has 6 heteroatoms. The summed E-state index contributed by atoms with van der Waals surface area (Å²) in [6.45, 7) is 5.13. The zero-order valence-electron chi connectivity index (χ0n) is 16.1. The Morgan fingerprint density at radius 2 is 2.04 bits per heavy atom. The van der Waals surface area contributed by atoms with Crippen molar-refractivity contribution in [1.29, 1.82) is 0 Å². The van der Waals surface area contributed by atoms with E-state index >= 15 is 0 Å². The average Bonchev–Trinajstić information content (AvgIpc) is 3.41. The summed E-state index contributed by atoms with van der Waals surface area (Å²) in [7, 11) is 4.06. The highest BCUT2D eigenvalue weighted by Crippen LogP contribution is 2.26. The van der Waals surface area contributed by atoms with E-state index in [1.54, 1.807) is 0 Å². The van der Waals surface area contributed by atoms with Gasteiger partial charge in [0.15, 0.2) is 5.96 Å². The Bertz CT molecular complexity index is 707. The lowest BCUT2D eigenvalue weighted by atomic mass is 10.2. The van der Waals surface area contributed by atoms with E-state index in [9.17, 15) is 0 Å². The van der Waals surface area contributed by atoms with E-state index in [1.165, 1.54) is 23.7 Å². The van der Waals surface area contributed by atoms with Gasteiger partial charge in [0.1, 0.15) is 0 Å². The number of aromatic nitrogens is 1. The van der Waals surface area contributed by atoms with Gasteiger partial charge in [0, 0.05) is 50.5 Å². The number of likely N-dealkylation sites (N-methyl/N-ethyl adjacent to an activating group) is 1. The lowest BCUT2D eigenvalue weighted by molar-refractivity contribution is 0.247. The molecule has 5 nitrogen and oxygen atoms in total. The first-order chi connectivity index (χ1) is 12.2. The van der Waals surface area contributed by atoms with Crippen LogP contribution < -0.4 is 10.6 Å². The monoisotopic (exact) mass is 469 g/mol. The highest BCUT2D eigenvalue weighted by molar-refractivity contribution is 14.0. The number of fused-ring (bicyclic) bond motifs is 1. The summed E-state index contributed by atoms with van der Waals surface area (Å²) < 4.78 is 2.32. The minimum atomic E-state index is 0. The first-order valence-corrected chi connectivity index (χ1v) is 9.39. The number of nitrogens with zero attached hydrogens (tertiary/aromatic N) is 3. The Morgan fingerprint density at radius 1 is 1.27 bits per heavy atom. The Morgan fingerprint density at radius 3 is 2.77 bits per heavy atom. The van der Waals surface area contributed by atoms with Crippen LogP contribution in [0.5, 0.6) is 0 Å². The van der Waals surface area contributed by atoms with E-state index in [-0.39, 0.29) is 24.0 Å². The van der Waals surface area contributed by atoms with Gasteiger partial charge in [-0.15, -0.1) is 24.0 Å².